The molecule has 9 heteroatoms. The minimum absolute atomic E-state index is 0.0160. The molecule has 0 radical (unpaired) electrons. The van der Waals surface area contributed by atoms with Gasteiger partial charge in [-0.2, -0.15) is 0 Å². The number of piperidine rings is 1. The average Bonchev–Trinajstić information content (AvgIpc) is 3.64. The van der Waals surface area contributed by atoms with E-state index in [0.717, 1.165) is 30.6 Å². The maximum Gasteiger partial charge on any atom is 0.269 e. The molecule has 3 fully saturated rings. The minimum atomic E-state index is -1.00. The van der Waals surface area contributed by atoms with Crippen molar-refractivity contribution in [1.29, 1.82) is 0 Å². The first-order chi connectivity index (χ1) is 18.2. The van der Waals surface area contributed by atoms with Crippen LogP contribution in [0.3, 0.4) is 0 Å². The van der Waals surface area contributed by atoms with Gasteiger partial charge in [0.25, 0.3) is 5.69 Å². The first kappa shape index (κ1) is 23.9. The summed E-state index contributed by atoms with van der Waals surface area (Å²) in [5.74, 6) is 1.11. The highest BCUT2D eigenvalue weighted by molar-refractivity contribution is 5.79. The second-order valence-electron chi connectivity index (χ2n) is 12.0. The van der Waals surface area contributed by atoms with Gasteiger partial charge < -0.3 is 19.8 Å². The Balaban J connectivity index is 1.24. The predicted molar refractivity (Wildman–Crippen MR) is 138 cm³/mol. The van der Waals surface area contributed by atoms with Gasteiger partial charge in [0.15, 0.2) is 11.5 Å². The number of hydrogen-bond donors (Lipinski definition) is 2. The summed E-state index contributed by atoms with van der Waals surface area (Å²) in [5.41, 5.74) is 0.921. The van der Waals surface area contributed by atoms with E-state index in [0.29, 0.717) is 36.5 Å². The molecule has 2 heterocycles. The number of nitro benzene ring substituents is 1. The molecule has 1 amide bonds. The molecule has 38 heavy (non-hydrogen) atoms. The fourth-order valence-electron chi connectivity index (χ4n) is 8.12. The molecule has 9 nitrogen and oxygen atoms in total. The Bertz CT molecular complexity index is 1340. The third kappa shape index (κ3) is 3.21. The van der Waals surface area contributed by atoms with Gasteiger partial charge in [-0.15, -0.1) is 0 Å². The summed E-state index contributed by atoms with van der Waals surface area (Å²) in [6.45, 7) is 1.87. The number of benzene rings is 2. The summed E-state index contributed by atoms with van der Waals surface area (Å²) in [5, 5.41) is 34.6. The highest BCUT2D eigenvalue weighted by Gasteiger charge is 2.73. The van der Waals surface area contributed by atoms with Crippen LogP contribution in [0.4, 0.5) is 5.69 Å². The van der Waals surface area contributed by atoms with Crippen LogP contribution in [0.2, 0.25) is 0 Å². The highest BCUT2D eigenvalue weighted by atomic mass is 16.6. The number of likely N-dealkylation sites (tertiary alicyclic amines) is 1. The van der Waals surface area contributed by atoms with Gasteiger partial charge in [-0.25, -0.2) is 0 Å². The number of ether oxygens (including phenoxy) is 1. The molecule has 1 saturated heterocycles. The van der Waals surface area contributed by atoms with Crippen LogP contribution in [0.1, 0.15) is 48.8 Å². The molecule has 200 valence electrons. The Morgan fingerprint density at radius 2 is 2.05 bits per heavy atom. The molecular weight excluding hydrogens is 486 g/mol. The molecule has 2 bridgehead atoms. The van der Waals surface area contributed by atoms with Gasteiger partial charge in [0.2, 0.25) is 5.91 Å². The molecule has 7 rings (SSSR count). The topological polar surface area (TPSA) is 116 Å². The molecule has 2 aliphatic heterocycles. The van der Waals surface area contributed by atoms with Crippen molar-refractivity contribution >= 4 is 11.6 Å². The Morgan fingerprint density at radius 1 is 1.24 bits per heavy atom. The largest absolute Gasteiger partial charge is 0.504 e. The van der Waals surface area contributed by atoms with Crippen molar-refractivity contribution in [1.82, 2.24) is 9.80 Å². The smallest absolute Gasteiger partial charge is 0.269 e. The van der Waals surface area contributed by atoms with Gasteiger partial charge in [-0.1, -0.05) is 18.2 Å². The zero-order valence-electron chi connectivity index (χ0n) is 21.5. The number of hydrogen-bond acceptors (Lipinski definition) is 7. The van der Waals surface area contributed by atoms with Crippen molar-refractivity contribution in [2.75, 3.05) is 20.1 Å². The molecule has 3 aliphatic carbocycles. The van der Waals surface area contributed by atoms with Crippen LogP contribution in [0, 0.1) is 16.0 Å². The second kappa shape index (κ2) is 8.16. The summed E-state index contributed by atoms with van der Waals surface area (Å²) in [6.07, 6.45) is 4.65. The normalized spacial score (nSPS) is 32.8. The van der Waals surface area contributed by atoms with Gasteiger partial charge in [0, 0.05) is 37.3 Å². The van der Waals surface area contributed by atoms with Crippen LogP contribution >= 0.6 is 0 Å². The van der Waals surface area contributed by atoms with E-state index in [-0.39, 0.29) is 35.8 Å². The van der Waals surface area contributed by atoms with Crippen LogP contribution in [-0.4, -0.2) is 74.8 Å². The number of phenols is 1. The van der Waals surface area contributed by atoms with Crippen molar-refractivity contribution < 1.29 is 24.7 Å². The summed E-state index contributed by atoms with van der Waals surface area (Å²) in [7, 11) is 1.76. The lowest BCUT2D eigenvalue weighted by atomic mass is 9.48. The van der Waals surface area contributed by atoms with Gasteiger partial charge in [-0.05, 0) is 68.2 Å². The molecule has 1 spiro atoms. The van der Waals surface area contributed by atoms with Crippen LogP contribution in [0.15, 0.2) is 36.4 Å². The van der Waals surface area contributed by atoms with Gasteiger partial charge in [0.05, 0.1) is 28.4 Å². The quantitative estimate of drug-likeness (QED) is 0.445. The third-order valence-electron chi connectivity index (χ3n) is 10.1. The van der Waals surface area contributed by atoms with Gasteiger partial charge >= 0.3 is 0 Å². The number of carbonyl (C=O) groups is 1. The molecule has 5 aliphatic rings. The number of carbonyl (C=O) groups excluding carboxylic acids is 1. The zero-order chi connectivity index (χ0) is 26.4. The number of amides is 1. The minimum Gasteiger partial charge on any atom is -0.504 e. The van der Waals surface area contributed by atoms with E-state index in [1.807, 2.05) is 6.07 Å². The first-order valence-corrected chi connectivity index (χ1v) is 13.7. The van der Waals surface area contributed by atoms with Crippen molar-refractivity contribution in [2.24, 2.45) is 5.92 Å². The van der Waals surface area contributed by atoms with Crippen LogP contribution in [0.5, 0.6) is 11.5 Å². The fourth-order valence-corrected chi connectivity index (χ4v) is 8.12. The molecule has 2 saturated carbocycles. The van der Waals surface area contributed by atoms with E-state index in [2.05, 4.69) is 4.90 Å². The number of non-ortho nitro benzene ring substituents is 1. The Morgan fingerprint density at radius 3 is 2.82 bits per heavy atom. The maximum absolute atomic E-state index is 13.5. The summed E-state index contributed by atoms with van der Waals surface area (Å²) in [4.78, 5) is 28.4. The lowest BCUT2D eigenvalue weighted by Crippen LogP contribution is -2.78. The number of likely N-dealkylation sites (N-methyl/N-ethyl adjacent to an activating group) is 1. The monoisotopic (exact) mass is 519 g/mol. The number of nitro groups is 1. The average molecular weight is 520 g/mol. The van der Waals surface area contributed by atoms with Crippen molar-refractivity contribution in [2.45, 2.75) is 74.1 Å². The van der Waals surface area contributed by atoms with Gasteiger partial charge in [-0.3, -0.25) is 19.8 Å². The fraction of sp³-hybridized carbons (Fsp3) is 0.552. The molecule has 2 aromatic rings. The second-order valence-corrected chi connectivity index (χ2v) is 12.0. The van der Waals surface area contributed by atoms with E-state index in [9.17, 15) is 25.1 Å². The number of aromatic hydroxyl groups is 1. The van der Waals surface area contributed by atoms with E-state index >= 15 is 0 Å². The Labute approximate surface area is 221 Å². The van der Waals surface area contributed by atoms with E-state index in [1.54, 1.807) is 30.1 Å². The lowest BCUT2D eigenvalue weighted by Gasteiger charge is -2.64. The van der Waals surface area contributed by atoms with Crippen LogP contribution in [-0.2, 0) is 23.1 Å². The predicted octanol–water partition coefficient (Wildman–Crippen LogP) is 2.93. The molecular formula is C29H33N3O6. The standard InChI is InChI=1S/C29H33N3O6/c1-30(24(34)14-18-3-2-4-20(13-18)32(36)37)21-9-10-29(35)23-15-19-7-8-22(33)26-25(19)28(29,27(21)38-26)11-12-31(23)16-17-5-6-17/h2-4,7-8,13,17,21,23,27,33,35H,5-6,9-12,14-16H2,1H3/t21?,23-,27?,28+,29-/m1/s1. The van der Waals surface area contributed by atoms with Crippen molar-refractivity contribution in [3.8, 4) is 11.5 Å². The number of rotatable bonds is 6. The summed E-state index contributed by atoms with van der Waals surface area (Å²) < 4.78 is 6.58. The first-order valence-electron chi connectivity index (χ1n) is 13.7. The van der Waals surface area contributed by atoms with E-state index < -0.39 is 22.0 Å². The highest BCUT2D eigenvalue weighted by Crippen LogP contribution is 2.66. The molecule has 2 unspecified atom stereocenters. The molecule has 5 atom stereocenters. The number of phenolic OH excluding ortho intramolecular Hbond substituents is 1. The Kier molecular flexibility index (Phi) is 5.14. The SMILES string of the molecule is CN(C(=O)Cc1cccc([N+](=O)[O-])c1)C1CC[C@@]2(O)[C@H]3Cc4ccc(O)c5c4[C@@]2(CCN3CC2CC2)C1O5. The van der Waals surface area contributed by atoms with Crippen molar-refractivity contribution in [3.05, 3.63) is 63.2 Å². The lowest BCUT2D eigenvalue weighted by molar-refractivity contribution is -0.384. The molecule has 2 aromatic carbocycles. The summed E-state index contributed by atoms with van der Waals surface area (Å²) in [6, 6.07) is 9.55. The molecule has 2 N–H and O–H groups in total. The van der Waals surface area contributed by atoms with E-state index in [4.69, 9.17) is 4.74 Å². The Hall–Kier alpha value is -3.17. The molecule has 0 aromatic heterocycles. The van der Waals surface area contributed by atoms with Crippen LogP contribution in [0.25, 0.3) is 0 Å². The van der Waals surface area contributed by atoms with Crippen molar-refractivity contribution in [3.63, 3.8) is 0 Å². The van der Waals surface area contributed by atoms with Crippen LogP contribution < -0.4 is 4.74 Å². The summed E-state index contributed by atoms with van der Waals surface area (Å²) >= 11 is 0. The van der Waals surface area contributed by atoms with Gasteiger partial charge in [0.1, 0.15) is 6.10 Å². The number of aliphatic hydroxyl groups is 1. The zero-order valence-corrected chi connectivity index (χ0v) is 21.5. The maximum atomic E-state index is 13.5. The third-order valence-corrected chi connectivity index (χ3v) is 10.1. The van der Waals surface area contributed by atoms with E-state index in [1.165, 1.54) is 25.0 Å². The number of nitrogens with zero attached hydrogens (tertiary/aromatic N) is 3.